The SMILES string of the molecule is Cc1nc(C2CC(O)C2)cc(N(C)Cc2ccccc2)n1. The molecule has 0 aliphatic heterocycles. The Bertz CT molecular complexity index is 609. The van der Waals surface area contributed by atoms with Gasteiger partial charge in [0.05, 0.1) is 6.10 Å². The van der Waals surface area contributed by atoms with E-state index in [4.69, 9.17) is 0 Å². The second-order valence-corrected chi connectivity index (χ2v) is 5.86. The van der Waals surface area contributed by atoms with Crippen LogP contribution in [0.25, 0.3) is 0 Å². The van der Waals surface area contributed by atoms with Gasteiger partial charge in [0.1, 0.15) is 11.6 Å². The average molecular weight is 283 g/mol. The van der Waals surface area contributed by atoms with Gasteiger partial charge < -0.3 is 10.0 Å². The molecule has 2 aromatic rings. The molecule has 0 unspecified atom stereocenters. The van der Waals surface area contributed by atoms with E-state index >= 15 is 0 Å². The molecule has 1 fully saturated rings. The summed E-state index contributed by atoms with van der Waals surface area (Å²) in [6, 6.07) is 12.4. The molecule has 110 valence electrons. The smallest absolute Gasteiger partial charge is 0.132 e. The van der Waals surface area contributed by atoms with E-state index in [1.807, 2.05) is 20.0 Å². The highest BCUT2D eigenvalue weighted by atomic mass is 16.3. The summed E-state index contributed by atoms with van der Waals surface area (Å²) < 4.78 is 0. The number of anilines is 1. The van der Waals surface area contributed by atoms with Crippen LogP contribution in [0, 0.1) is 6.92 Å². The molecule has 21 heavy (non-hydrogen) atoms. The van der Waals surface area contributed by atoms with E-state index in [0.29, 0.717) is 5.92 Å². The molecule has 1 aromatic heterocycles. The first kappa shape index (κ1) is 14.0. The lowest BCUT2D eigenvalue weighted by Crippen LogP contribution is -2.28. The van der Waals surface area contributed by atoms with Crippen LogP contribution < -0.4 is 4.90 Å². The molecule has 0 amide bonds. The molecule has 0 bridgehead atoms. The van der Waals surface area contributed by atoms with Gasteiger partial charge in [0, 0.05) is 31.3 Å². The molecule has 0 atom stereocenters. The van der Waals surface area contributed by atoms with Crippen LogP contribution in [-0.4, -0.2) is 28.2 Å². The average Bonchev–Trinajstić information content (AvgIpc) is 2.44. The molecule has 1 heterocycles. The summed E-state index contributed by atoms with van der Waals surface area (Å²) in [7, 11) is 2.05. The molecule has 1 aromatic carbocycles. The van der Waals surface area contributed by atoms with E-state index in [2.05, 4.69) is 45.2 Å². The molecular formula is C17H21N3O. The van der Waals surface area contributed by atoms with Crippen LogP contribution in [-0.2, 0) is 6.54 Å². The van der Waals surface area contributed by atoms with Gasteiger partial charge in [-0.05, 0) is 25.3 Å². The number of aliphatic hydroxyl groups excluding tert-OH is 1. The van der Waals surface area contributed by atoms with Crippen LogP contribution in [0.15, 0.2) is 36.4 Å². The van der Waals surface area contributed by atoms with Crippen molar-refractivity contribution in [1.82, 2.24) is 9.97 Å². The fourth-order valence-electron chi connectivity index (χ4n) is 2.75. The molecule has 0 spiro atoms. The number of hydrogen-bond acceptors (Lipinski definition) is 4. The second-order valence-electron chi connectivity index (χ2n) is 5.86. The fourth-order valence-corrected chi connectivity index (χ4v) is 2.75. The highest BCUT2D eigenvalue weighted by molar-refractivity contribution is 5.41. The first-order chi connectivity index (χ1) is 10.1. The first-order valence-electron chi connectivity index (χ1n) is 7.40. The summed E-state index contributed by atoms with van der Waals surface area (Å²) in [4.78, 5) is 11.2. The maximum atomic E-state index is 9.47. The molecule has 4 nitrogen and oxygen atoms in total. The zero-order chi connectivity index (χ0) is 14.8. The number of aromatic nitrogens is 2. The molecular weight excluding hydrogens is 262 g/mol. The van der Waals surface area contributed by atoms with E-state index in [1.54, 1.807) is 0 Å². The summed E-state index contributed by atoms with van der Waals surface area (Å²) in [5.41, 5.74) is 2.32. The minimum absolute atomic E-state index is 0.157. The minimum Gasteiger partial charge on any atom is -0.393 e. The molecule has 0 radical (unpaired) electrons. The largest absolute Gasteiger partial charge is 0.393 e. The van der Waals surface area contributed by atoms with Crippen molar-refractivity contribution in [2.24, 2.45) is 0 Å². The van der Waals surface area contributed by atoms with Crippen LogP contribution in [0.3, 0.4) is 0 Å². The van der Waals surface area contributed by atoms with Crippen molar-refractivity contribution < 1.29 is 5.11 Å². The molecule has 1 aliphatic carbocycles. The third kappa shape index (κ3) is 3.22. The van der Waals surface area contributed by atoms with Crippen LogP contribution >= 0.6 is 0 Å². The van der Waals surface area contributed by atoms with E-state index in [-0.39, 0.29) is 6.10 Å². The van der Waals surface area contributed by atoms with Crippen molar-refractivity contribution >= 4 is 5.82 Å². The molecule has 4 heteroatoms. The van der Waals surface area contributed by atoms with Gasteiger partial charge in [0.15, 0.2) is 0 Å². The monoisotopic (exact) mass is 283 g/mol. The number of aryl methyl sites for hydroxylation is 1. The van der Waals surface area contributed by atoms with Gasteiger partial charge >= 0.3 is 0 Å². The topological polar surface area (TPSA) is 49.3 Å². The maximum Gasteiger partial charge on any atom is 0.132 e. The first-order valence-corrected chi connectivity index (χ1v) is 7.40. The molecule has 1 N–H and O–H groups in total. The van der Waals surface area contributed by atoms with E-state index < -0.39 is 0 Å². The number of benzene rings is 1. The maximum absolute atomic E-state index is 9.47. The van der Waals surface area contributed by atoms with Crippen LogP contribution in [0.5, 0.6) is 0 Å². The number of aliphatic hydroxyl groups is 1. The summed E-state index contributed by atoms with van der Waals surface area (Å²) in [6.07, 6.45) is 1.48. The van der Waals surface area contributed by atoms with Crippen LogP contribution in [0.2, 0.25) is 0 Å². The van der Waals surface area contributed by atoms with E-state index in [0.717, 1.165) is 36.7 Å². The van der Waals surface area contributed by atoms with Crippen molar-refractivity contribution in [2.45, 2.75) is 38.3 Å². The van der Waals surface area contributed by atoms with Crippen LogP contribution in [0.4, 0.5) is 5.82 Å². The second kappa shape index (κ2) is 5.82. The Morgan fingerprint density at radius 2 is 1.90 bits per heavy atom. The third-order valence-corrected chi connectivity index (χ3v) is 4.03. The van der Waals surface area contributed by atoms with Gasteiger partial charge in [-0.25, -0.2) is 9.97 Å². The standard InChI is InChI=1S/C17H21N3O/c1-12-18-16(14-8-15(21)9-14)10-17(19-12)20(2)11-13-6-4-3-5-7-13/h3-7,10,14-15,21H,8-9,11H2,1-2H3. The van der Waals surface area contributed by atoms with Gasteiger partial charge in [-0.15, -0.1) is 0 Å². The Balaban J connectivity index is 1.78. The Labute approximate surface area is 125 Å². The van der Waals surface area contributed by atoms with Crippen molar-refractivity contribution in [3.05, 3.63) is 53.5 Å². The number of nitrogens with zero attached hydrogens (tertiary/aromatic N) is 3. The Kier molecular flexibility index (Phi) is 3.88. The zero-order valence-corrected chi connectivity index (χ0v) is 12.5. The number of rotatable bonds is 4. The predicted molar refractivity (Wildman–Crippen MR) is 83.3 cm³/mol. The molecule has 1 saturated carbocycles. The quantitative estimate of drug-likeness (QED) is 0.937. The minimum atomic E-state index is -0.157. The van der Waals surface area contributed by atoms with E-state index in [1.165, 1.54) is 5.56 Å². The van der Waals surface area contributed by atoms with Crippen molar-refractivity contribution in [1.29, 1.82) is 0 Å². The Morgan fingerprint density at radius 3 is 2.57 bits per heavy atom. The predicted octanol–water partition coefficient (Wildman–Crippen LogP) is 2.66. The van der Waals surface area contributed by atoms with Crippen molar-refractivity contribution in [3.8, 4) is 0 Å². The van der Waals surface area contributed by atoms with Gasteiger partial charge in [-0.3, -0.25) is 0 Å². The number of hydrogen-bond donors (Lipinski definition) is 1. The normalized spacial score (nSPS) is 20.9. The zero-order valence-electron chi connectivity index (χ0n) is 12.5. The molecule has 0 saturated heterocycles. The van der Waals surface area contributed by atoms with E-state index in [9.17, 15) is 5.11 Å². The Morgan fingerprint density at radius 1 is 1.19 bits per heavy atom. The van der Waals surface area contributed by atoms with Crippen LogP contribution in [0.1, 0.15) is 35.8 Å². The summed E-state index contributed by atoms with van der Waals surface area (Å²) in [6.45, 7) is 2.75. The highest BCUT2D eigenvalue weighted by Crippen LogP contribution is 2.36. The summed E-state index contributed by atoms with van der Waals surface area (Å²) in [5, 5.41) is 9.47. The fraction of sp³-hybridized carbons (Fsp3) is 0.412. The van der Waals surface area contributed by atoms with Gasteiger partial charge in [0.2, 0.25) is 0 Å². The lowest BCUT2D eigenvalue weighted by Gasteiger charge is -2.31. The van der Waals surface area contributed by atoms with Gasteiger partial charge in [0.25, 0.3) is 0 Å². The summed E-state index contributed by atoms with van der Waals surface area (Å²) in [5.74, 6) is 2.12. The summed E-state index contributed by atoms with van der Waals surface area (Å²) >= 11 is 0. The Hall–Kier alpha value is -1.94. The lowest BCUT2D eigenvalue weighted by atomic mass is 9.80. The van der Waals surface area contributed by atoms with Crippen molar-refractivity contribution in [3.63, 3.8) is 0 Å². The van der Waals surface area contributed by atoms with Gasteiger partial charge in [-0.2, -0.15) is 0 Å². The molecule has 1 aliphatic rings. The molecule has 3 rings (SSSR count). The highest BCUT2D eigenvalue weighted by Gasteiger charge is 2.30. The van der Waals surface area contributed by atoms with Crippen molar-refractivity contribution in [2.75, 3.05) is 11.9 Å². The third-order valence-electron chi connectivity index (χ3n) is 4.03. The van der Waals surface area contributed by atoms with Gasteiger partial charge in [-0.1, -0.05) is 30.3 Å². The lowest BCUT2D eigenvalue weighted by molar-refractivity contribution is 0.0731.